The zero-order valence-electron chi connectivity index (χ0n) is 9.49. The Labute approximate surface area is 95.5 Å². The van der Waals surface area contributed by atoms with Gasteiger partial charge in [0.2, 0.25) is 0 Å². The zero-order chi connectivity index (χ0) is 10.7. The number of nitrogens with one attached hydrogen (secondary N) is 1. The van der Waals surface area contributed by atoms with Crippen molar-refractivity contribution in [2.75, 3.05) is 26.2 Å². The standard InChI is InChI=1S/C11H19N3S/c1-9-8-15-11(13-9)3-5-14-6-4-12-7-10(14)2/h8,10,12H,3-7H2,1-2H3. The van der Waals surface area contributed by atoms with Crippen LogP contribution in [0, 0.1) is 6.92 Å². The smallest absolute Gasteiger partial charge is 0.0940 e. The van der Waals surface area contributed by atoms with E-state index in [0.717, 1.165) is 31.7 Å². The molecule has 84 valence electrons. The lowest BCUT2D eigenvalue weighted by molar-refractivity contribution is 0.176. The van der Waals surface area contributed by atoms with E-state index in [4.69, 9.17) is 0 Å². The highest BCUT2D eigenvalue weighted by molar-refractivity contribution is 7.09. The molecule has 0 aliphatic carbocycles. The van der Waals surface area contributed by atoms with Gasteiger partial charge in [-0.05, 0) is 13.8 Å². The molecule has 0 aromatic carbocycles. The van der Waals surface area contributed by atoms with Crippen LogP contribution in [-0.4, -0.2) is 42.1 Å². The average molecular weight is 225 g/mol. The van der Waals surface area contributed by atoms with Crippen LogP contribution in [0.4, 0.5) is 0 Å². The Hall–Kier alpha value is -0.450. The van der Waals surface area contributed by atoms with Gasteiger partial charge in [-0.25, -0.2) is 4.98 Å². The van der Waals surface area contributed by atoms with Gasteiger partial charge in [-0.2, -0.15) is 0 Å². The molecule has 0 radical (unpaired) electrons. The molecule has 1 fully saturated rings. The second-order valence-electron chi connectivity index (χ2n) is 4.22. The maximum atomic E-state index is 4.50. The zero-order valence-corrected chi connectivity index (χ0v) is 10.3. The van der Waals surface area contributed by atoms with E-state index < -0.39 is 0 Å². The monoisotopic (exact) mass is 225 g/mol. The van der Waals surface area contributed by atoms with Gasteiger partial charge in [0, 0.05) is 49.7 Å². The fraction of sp³-hybridized carbons (Fsp3) is 0.727. The average Bonchev–Trinajstić information content (AvgIpc) is 2.63. The van der Waals surface area contributed by atoms with Gasteiger partial charge in [0.05, 0.1) is 5.01 Å². The van der Waals surface area contributed by atoms with E-state index in [2.05, 4.69) is 34.4 Å². The molecule has 2 heterocycles. The maximum Gasteiger partial charge on any atom is 0.0940 e. The van der Waals surface area contributed by atoms with Crippen LogP contribution in [0.3, 0.4) is 0 Å². The number of rotatable bonds is 3. The van der Waals surface area contributed by atoms with Crippen LogP contribution in [0.1, 0.15) is 17.6 Å². The van der Waals surface area contributed by atoms with Gasteiger partial charge in [0.1, 0.15) is 0 Å². The van der Waals surface area contributed by atoms with E-state index in [1.54, 1.807) is 11.3 Å². The van der Waals surface area contributed by atoms with Gasteiger partial charge < -0.3 is 5.32 Å². The Balaban J connectivity index is 1.81. The molecule has 1 saturated heterocycles. The Bertz CT molecular complexity index is 311. The van der Waals surface area contributed by atoms with E-state index in [-0.39, 0.29) is 0 Å². The van der Waals surface area contributed by atoms with Crippen LogP contribution in [-0.2, 0) is 6.42 Å². The predicted octanol–water partition coefficient (Wildman–Crippen LogP) is 1.29. The third kappa shape index (κ3) is 3.00. The summed E-state index contributed by atoms with van der Waals surface area (Å²) < 4.78 is 0. The van der Waals surface area contributed by atoms with Crippen LogP contribution in [0.25, 0.3) is 0 Å². The fourth-order valence-electron chi connectivity index (χ4n) is 1.97. The Morgan fingerprint density at radius 2 is 2.53 bits per heavy atom. The number of piperazine rings is 1. The molecule has 3 nitrogen and oxygen atoms in total. The van der Waals surface area contributed by atoms with E-state index >= 15 is 0 Å². The highest BCUT2D eigenvalue weighted by Crippen LogP contribution is 2.11. The van der Waals surface area contributed by atoms with Crippen LogP contribution >= 0.6 is 11.3 Å². The highest BCUT2D eigenvalue weighted by Gasteiger charge is 2.17. The van der Waals surface area contributed by atoms with Gasteiger partial charge in [0.25, 0.3) is 0 Å². The van der Waals surface area contributed by atoms with Crippen molar-refractivity contribution in [3.63, 3.8) is 0 Å². The minimum atomic E-state index is 0.666. The SMILES string of the molecule is Cc1csc(CCN2CCNCC2C)n1. The molecule has 1 aliphatic heterocycles. The number of hydrogen-bond acceptors (Lipinski definition) is 4. The Morgan fingerprint density at radius 1 is 1.67 bits per heavy atom. The topological polar surface area (TPSA) is 28.2 Å². The summed E-state index contributed by atoms with van der Waals surface area (Å²) in [6, 6.07) is 0.666. The second kappa shape index (κ2) is 5.05. The van der Waals surface area contributed by atoms with Gasteiger partial charge in [-0.1, -0.05) is 0 Å². The minimum absolute atomic E-state index is 0.666. The van der Waals surface area contributed by atoms with E-state index in [1.807, 2.05) is 0 Å². The first kappa shape index (κ1) is 11.0. The van der Waals surface area contributed by atoms with Crippen molar-refractivity contribution in [2.24, 2.45) is 0 Å². The molecule has 2 rings (SSSR count). The van der Waals surface area contributed by atoms with E-state index in [9.17, 15) is 0 Å². The lowest BCUT2D eigenvalue weighted by Crippen LogP contribution is -2.50. The Morgan fingerprint density at radius 3 is 3.20 bits per heavy atom. The molecule has 1 atom stereocenters. The molecular weight excluding hydrogens is 206 g/mol. The highest BCUT2D eigenvalue weighted by atomic mass is 32.1. The summed E-state index contributed by atoms with van der Waals surface area (Å²) in [4.78, 5) is 7.05. The van der Waals surface area contributed by atoms with Crippen LogP contribution in [0.2, 0.25) is 0 Å². The van der Waals surface area contributed by atoms with Gasteiger partial charge in [-0.3, -0.25) is 4.90 Å². The molecule has 1 unspecified atom stereocenters. The molecule has 0 amide bonds. The van der Waals surface area contributed by atoms with Crippen LogP contribution in [0.5, 0.6) is 0 Å². The number of aryl methyl sites for hydroxylation is 1. The first-order chi connectivity index (χ1) is 7.25. The molecule has 1 aromatic heterocycles. The van der Waals surface area contributed by atoms with Gasteiger partial charge in [-0.15, -0.1) is 11.3 Å². The molecule has 1 aliphatic rings. The van der Waals surface area contributed by atoms with Gasteiger partial charge in [0.15, 0.2) is 0 Å². The molecule has 4 heteroatoms. The van der Waals surface area contributed by atoms with E-state index in [0.29, 0.717) is 6.04 Å². The number of aromatic nitrogens is 1. The summed E-state index contributed by atoms with van der Waals surface area (Å²) in [5.41, 5.74) is 1.16. The normalized spacial score (nSPS) is 23.2. The first-order valence-electron chi connectivity index (χ1n) is 5.61. The summed E-state index contributed by atoms with van der Waals surface area (Å²) in [6.45, 7) is 8.92. The van der Waals surface area contributed by atoms with Crippen molar-refractivity contribution in [1.29, 1.82) is 0 Å². The summed E-state index contributed by atoms with van der Waals surface area (Å²) in [5.74, 6) is 0. The van der Waals surface area contributed by atoms with Crippen molar-refractivity contribution in [1.82, 2.24) is 15.2 Å². The number of nitrogens with zero attached hydrogens (tertiary/aromatic N) is 2. The third-order valence-corrected chi connectivity index (χ3v) is 3.94. The summed E-state index contributed by atoms with van der Waals surface area (Å²) in [7, 11) is 0. The molecule has 0 bridgehead atoms. The van der Waals surface area contributed by atoms with Crippen molar-refractivity contribution >= 4 is 11.3 Å². The lowest BCUT2D eigenvalue weighted by Gasteiger charge is -2.33. The largest absolute Gasteiger partial charge is 0.314 e. The molecule has 0 saturated carbocycles. The third-order valence-electron chi connectivity index (χ3n) is 2.92. The molecule has 0 spiro atoms. The quantitative estimate of drug-likeness (QED) is 0.840. The van der Waals surface area contributed by atoms with E-state index in [1.165, 1.54) is 11.6 Å². The summed E-state index contributed by atoms with van der Waals surface area (Å²) in [6.07, 6.45) is 1.10. The second-order valence-corrected chi connectivity index (χ2v) is 5.16. The maximum absolute atomic E-state index is 4.50. The molecule has 1 N–H and O–H groups in total. The van der Waals surface area contributed by atoms with Crippen molar-refractivity contribution in [3.8, 4) is 0 Å². The minimum Gasteiger partial charge on any atom is -0.314 e. The van der Waals surface area contributed by atoms with Crippen molar-refractivity contribution < 1.29 is 0 Å². The van der Waals surface area contributed by atoms with Gasteiger partial charge >= 0.3 is 0 Å². The summed E-state index contributed by atoms with van der Waals surface area (Å²) >= 11 is 1.79. The molecule has 1 aromatic rings. The lowest BCUT2D eigenvalue weighted by atomic mass is 10.2. The first-order valence-corrected chi connectivity index (χ1v) is 6.49. The number of hydrogen-bond donors (Lipinski definition) is 1. The van der Waals surface area contributed by atoms with Crippen molar-refractivity contribution in [3.05, 3.63) is 16.1 Å². The van der Waals surface area contributed by atoms with Crippen LogP contribution < -0.4 is 5.32 Å². The van der Waals surface area contributed by atoms with Crippen LogP contribution in [0.15, 0.2) is 5.38 Å². The number of thiazole rings is 1. The summed E-state index contributed by atoms with van der Waals surface area (Å²) in [5, 5.41) is 6.82. The predicted molar refractivity (Wildman–Crippen MR) is 64.5 cm³/mol. The Kier molecular flexibility index (Phi) is 3.72. The fourth-order valence-corrected chi connectivity index (χ4v) is 2.74. The molecular formula is C11H19N3S. The molecule has 15 heavy (non-hydrogen) atoms. The van der Waals surface area contributed by atoms with Crippen molar-refractivity contribution in [2.45, 2.75) is 26.3 Å².